The van der Waals surface area contributed by atoms with E-state index in [0.29, 0.717) is 0 Å². The molecule has 22 aromatic carbocycles. The van der Waals surface area contributed by atoms with Crippen molar-refractivity contribution in [2.45, 2.75) is 19.3 Å². The van der Waals surface area contributed by atoms with E-state index in [1.807, 2.05) is 140 Å². The van der Waals surface area contributed by atoms with Gasteiger partial charge in [0.25, 0.3) is 0 Å². The van der Waals surface area contributed by atoms with Gasteiger partial charge >= 0.3 is 0 Å². The zero-order valence-electron chi connectivity index (χ0n) is 73.8. The molecule has 13 heterocycles. The third kappa shape index (κ3) is 9.19. The Kier molecular flexibility index (Phi) is 13.4. The van der Waals surface area contributed by atoms with Gasteiger partial charge in [-0.1, -0.05) is 196 Å². The molecule has 0 amide bonds. The summed E-state index contributed by atoms with van der Waals surface area (Å²) in [5.74, 6) is 2.38. The molecular weight excluding hydrogens is 1720 g/mol. The van der Waals surface area contributed by atoms with Gasteiger partial charge in [0.2, 0.25) is 0 Å². The maximum Gasteiger partial charge on any atom is 0.165 e. The fraction of sp³-hybridized carbons (Fsp3) is 0.0244. The lowest BCUT2D eigenvalue weighted by atomic mass is 9.81. The SMILES string of the molecule is CC1(C)c2ccc3oc4ccc5c6c4c3c2c2c1ccc1oc3ccc(c6c3c12)n5-c1nc2ccccc2nc1-c1ccccc1.c1ccc(-c2nc3ccccc3nc2-n2c3ccc4oc5ccc6oc7ccc8oc9ccc2c2c9c8c7c6c5c4c23)cc1.c1ccc(-c2nc3ccccc3nc2-n2c3cccc4c5cc6c(cc5c5cccc7oc8ccc2c(c8c75)c43)oc2ccccc26)cc1. The zero-order chi connectivity index (χ0) is 90.1. The first-order valence-corrected chi connectivity index (χ1v) is 46.9. The number of aromatic nitrogens is 9. The quantitative estimate of drug-likeness (QED) is 0.153. The fourth-order valence-electron chi connectivity index (χ4n) is 24.9. The summed E-state index contributed by atoms with van der Waals surface area (Å²) >= 11 is 0. The number of fused-ring (bicyclic) bond motifs is 9. The van der Waals surface area contributed by atoms with Crippen LogP contribution in [0.2, 0.25) is 0 Å². The first-order chi connectivity index (χ1) is 68.7. The highest BCUT2D eigenvalue weighted by Crippen LogP contribution is 2.60. The third-order valence-corrected chi connectivity index (χ3v) is 30.5. The van der Waals surface area contributed by atoms with Crippen molar-refractivity contribution >= 4 is 284 Å². The van der Waals surface area contributed by atoms with Crippen molar-refractivity contribution in [1.29, 1.82) is 0 Å². The van der Waals surface area contributed by atoms with Crippen LogP contribution in [0.4, 0.5) is 0 Å². The Morgan fingerprint density at radius 1 is 0.173 bits per heavy atom. The molecule has 0 bridgehead atoms. The van der Waals surface area contributed by atoms with E-state index in [1.165, 1.54) is 48.8 Å². The number of furan rings is 7. The molecule has 642 valence electrons. The lowest BCUT2D eigenvalue weighted by Gasteiger charge is -2.21. The molecule has 36 rings (SSSR count). The minimum atomic E-state index is -0.151. The third-order valence-electron chi connectivity index (χ3n) is 30.5. The van der Waals surface area contributed by atoms with Gasteiger partial charge in [0, 0.05) is 130 Å². The lowest BCUT2D eigenvalue weighted by molar-refractivity contribution is 0.656. The van der Waals surface area contributed by atoms with Crippen molar-refractivity contribution < 1.29 is 30.9 Å². The highest BCUT2D eigenvalue weighted by atomic mass is 16.4. The van der Waals surface area contributed by atoms with E-state index < -0.39 is 0 Å². The fourth-order valence-corrected chi connectivity index (χ4v) is 24.9. The maximum atomic E-state index is 6.68. The van der Waals surface area contributed by atoms with Crippen LogP contribution < -0.4 is 0 Å². The first-order valence-electron chi connectivity index (χ1n) is 46.9. The van der Waals surface area contributed by atoms with Crippen molar-refractivity contribution in [3.63, 3.8) is 0 Å². The van der Waals surface area contributed by atoms with Gasteiger partial charge < -0.3 is 30.9 Å². The average molecular weight is 1780 g/mol. The predicted molar refractivity (Wildman–Crippen MR) is 561 cm³/mol. The normalized spacial score (nSPS) is 13.3. The van der Waals surface area contributed by atoms with Crippen LogP contribution >= 0.6 is 0 Å². The number of benzene rings is 19. The molecule has 0 unspecified atom stereocenters. The van der Waals surface area contributed by atoms with Crippen molar-refractivity contribution in [2.75, 3.05) is 0 Å². The summed E-state index contributed by atoms with van der Waals surface area (Å²) in [4.78, 5) is 31.8. The van der Waals surface area contributed by atoms with E-state index in [-0.39, 0.29) is 5.41 Å². The lowest BCUT2D eigenvalue weighted by Crippen LogP contribution is -2.15. The number of rotatable bonds is 6. The Morgan fingerprint density at radius 2 is 0.432 bits per heavy atom. The second-order valence-corrected chi connectivity index (χ2v) is 37.9. The summed E-state index contributed by atoms with van der Waals surface area (Å²) in [5, 5.41) is 29.6. The zero-order valence-corrected chi connectivity index (χ0v) is 73.8. The number of nitrogens with zero attached hydrogens (tertiary/aromatic N) is 9. The summed E-state index contributed by atoms with van der Waals surface area (Å²) in [6.07, 6.45) is 0. The number of hydrogen-bond donors (Lipinski definition) is 0. The van der Waals surface area contributed by atoms with E-state index in [4.69, 9.17) is 60.8 Å². The molecule has 0 saturated carbocycles. The van der Waals surface area contributed by atoms with Crippen molar-refractivity contribution in [3.05, 3.63) is 357 Å². The predicted octanol–water partition coefficient (Wildman–Crippen LogP) is 33.2. The molecule has 1 aliphatic rings. The van der Waals surface area contributed by atoms with Crippen LogP contribution in [0.25, 0.3) is 336 Å². The van der Waals surface area contributed by atoms with Gasteiger partial charge in [0.05, 0.1) is 66.2 Å². The Labute approximate surface area is 781 Å². The topological polar surface area (TPSA) is 184 Å². The van der Waals surface area contributed by atoms with Crippen LogP contribution in [0.3, 0.4) is 0 Å². The molecule has 13 aromatic heterocycles. The molecule has 35 aromatic rings. The highest BCUT2D eigenvalue weighted by Gasteiger charge is 2.40. The molecule has 0 fully saturated rings. The minimum Gasteiger partial charge on any atom is -0.456 e. The second-order valence-electron chi connectivity index (χ2n) is 37.9. The van der Waals surface area contributed by atoms with Crippen molar-refractivity contribution in [3.8, 4) is 51.2 Å². The standard InChI is InChI=1S/C44H23N3O2.C41H23N3O2.C38H17N3O3/c1-2-10-24(11-3-1)43-44(46-32-16-6-5-15-31(32)45-43)47-33-17-8-13-26-28-22-30-25-12-4-7-18-35(25)48-38(30)23-29(28)27-14-9-19-36-40(27)42-37(49-36)21-20-34(47)41(42)39(26)33;1-41(2)21-12-16-27-35-31(21)32-22(41)13-17-28-36(32)38-30(46-28)19-15-26-34(38)33-25(14-18-29(45-27)37(33)35)44(26)40-39(20-8-4-3-5-9-20)42-23-10-6-7-11-24(23)43-40;1-2-6-18(7-3-1)37-38(40-20-9-5-4-8-19(20)39-37)41-21-10-12-23-31-29(21)30-22(41)11-13-24-32(30)34-26(43-24)15-17-28-36(34)35-27(44-28)16-14-25(42-23)33(31)35/h1-23H;3-19H,1-2H3;1-17H. The molecule has 0 atom stereocenters. The van der Waals surface area contributed by atoms with Gasteiger partial charge in [0.1, 0.15) is 95.2 Å². The van der Waals surface area contributed by atoms with E-state index in [2.05, 4.69) is 234 Å². The van der Waals surface area contributed by atoms with E-state index in [9.17, 15) is 0 Å². The Morgan fingerprint density at radius 3 is 0.820 bits per heavy atom. The van der Waals surface area contributed by atoms with Gasteiger partial charge in [-0.3, -0.25) is 13.7 Å². The maximum absolute atomic E-state index is 6.68. The highest BCUT2D eigenvalue weighted by molar-refractivity contribution is 6.47. The van der Waals surface area contributed by atoms with Crippen LogP contribution in [0.15, 0.2) is 377 Å². The van der Waals surface area contributed by atoms with Crippen LogP contribution in [-0.2, 0) is 5.41 Å². The Balaban J connectivity index is 0.0000000913. The second kappa shape index (κ2) is 25.6. The largest absolute Gasteiger partial charge is 0.456 e. The Bertz CT molecular complexity index is 11300. The summed E-state index contributed by atoms with van der Waals surface area (Å²) in [7, 11) is 0. The van der Waals surface area contributed by atoms with E-state index in [0.717, 1.165) is 298 Å². The first kappa shape index (κ1) is 72.8. The van der Waals surface area contributed by atoms with Crippen molar-refractivity contribution in [2.24, 2.45) is 0 Å². The number of para-hydroxylation sites is 7. The van der Waals surface area contributed by atoms with Crippen LogP contribution in [-0.4, -0.2) is 43.6 Å². The molecule has 16 nitrogen and oxygen atoms in total. The van der Waals surface area contributed by atoms with E-state index >= 15 is 0 Å². The van der Waals surface area contributed by atoms with Crippen LogP contribution in [0, 0.1) is 0 Å². The molecule has 0 aliphatic heterocycles. The summed E-state index contributed by atoms with van der Waals surface area (Å²) in [6, 6.07) is 120. The molecule has 16 heteroatoms. The average Bonchev–Trinajstić information content (AvgIpc) is 1.52. The molecule has 0 N–H and O–H groups in total. The minimum absolute atomic E-state index is 0.151. The van der Waals surface area contributed by atoms with Gasteiger partial charge in [-0.15, -0.1) is 0 Å². The van der Waals surface area contributed by atoms with Crippen LogP contribution in [0.5, 0.6) is 0 Å². The summed E-state index contributed by atoms with van der Waals surface area (Å²) < 4.78 is 52.9. The van der Waals surface area contributed by atoms with Gasteiger partial charge in [0.15, 0.2) is 17.5 Å². The number of hydrogen-bond acceptors (Lipinski definition) is 13. The van der Waals surface area contributed by atoms with Crippen molar-refractivity contribution in [1.82, 2.24) is 43.6 Å². The summed E-state index contributed by atoms with van der Waals surface area (Å²) in [6.45, 7) is 4.68. The summed E-state index contributed by atoms with van der Waals surface area (Å²) in [5.41, 5.74) is 31.7. The Hall–Kier alpha value is -18.8. The molecular formula is C123H63N9O7. The van der Waals surface area contributed by atoms with Crippen LogP contribution in [0.1, 0.15) is 25.0 Å². The van der Waals surface area contributed by atoms with Gasteiger partial charge in [-0.05, 0) is 207 Å². The monoisotopic (exact) mass is 1780 g/mol. The molecule has 139 heavy (non-hydrogen) atoms. The molecule has 1 aliphatic carbocycles. The van der Waals surface area contributed by atoms with Gasteiger partial charge in [-0.25, -0.2) is 29.9 Å². The van der Waals surface area contributed by atoms with Gasteiger partial charge in [-0.2, -0.15) is 0 Å². The molecule has 0 spiro atoms. The smallest absolute Gasteiger partial charge is 0.165 e. The molecule has 0 saturated heterocycles. The van der Waals surface area contributed by atoms with E-state index in [1.54, 1.807) is 0 Å². The molecule has 0 radical (unpaired) electrons.